The lowest BCUT2D eigenvalue weighted by Gasteiger charge is -2.08. The van der Waals surface area contributed by atoms with Gasteiger partial charge >= 0.3 is 0 Å². The predicted octanol–water partition coefficient (Wildman–Crippen LogP) is 0.708. The summed E-state index contributed by atoms with van der Waals surface area (Å²) in [5, 5.41) is 0.314. The van der Waals surface area contributed by atoms with Crippen LogP contribution in [0.3, 0.4) is 0 Å². The monoisotopic (exact) mass is 312 g/mol. The molecule has 0 aromatic heterocycles. The van der Waals surface area contributed by atoms with Crippen LogP contribution < -0.4 is 10.5 Å². The largest absolute Gasteiger partial charge is 0.397 e. The van der Waals surface area contributed by atoms with E-state index in [-0.39, 0.29) is 11.4 Å². The Balaban J connectivity index is 2.80. The molecule has 0 saturated heterocycles. The molecule has 1 aromatic carbocycles. The molecular weight excluding hydrogens is 300 g/mol. The number of nitrogens with two attached hydrogens (primary N) is 1. The van der Waals surface area contributed by atoms with Gasteiger partial charge < -0.3 is 5.73 Å². The fourth-order valence-electron chi connectivity index (χ4n) is 1.10. The Morgan fingerprint density at radius 2 is 1.83 bits per heavy atom. The number of sulfonamides is 1. The normalized spacial score (nSPS) is 12.3. The summed E-state index contributed by atoms with van der Waals surface area (Å²) in [6.07, 6.45) is 0.975. The molecule has 0 aliphatic heterocycles. The molecule has 0 bridgehead atoms. The molecule has 0 spiro atoms. The second-order valence-electron chi connectivity index (χ2n) is 3.79. The number of nitrogens with one attached hydrogen (secondary N) is 1. The van der Waals surface area contributed by atoms with Gasteiger partial charge in [-0.15, -0.1) is 0 Å². The maximum absolute atomic E-state index is 11.6. The van der Waals surface area contributed by atoms with E-state index in [4.69, 9.17) is 17.3 Å². The van der Waals surface area contributed by atoms with E-state index in [1.165, 1.54) is 18.2 Å². The molecule has 0 aliphatic carbocycles. The lowest BCUT2D eigenvalue weighted by molar-refractivity contribution is 0.593. The third kappa shape index (κ3) is 5.11. The first-order chi connectivity index (χ1) is 8.09. The quantitative estimate of drug-likeness (QED) is 0.779. The van der Waals surface area contributed by atoms with E-state index < -0.39 is 31.4 Å². The summed E-state index contributed by atoms with van der Waals surface area (Å²) in [5.41, 5.74) is 6.00. The average Bonchev–Trinajstić information content (AvgIpc) is 2.20. The van der Waals surface area contributed by atoms with Gasteiger partial charge in [0.25, 0.3) is 0 Å². The first kappa shape index (κ1) is 15.1. The van der Waals surface area contributed by atoms with Crippen LogP contribution in [0.4, 0.5) is 11.4 Å². The number of nitrogen functional groups attached to an aromatic ring is 1. The summed E-state index contributed by atoms with van der Waals surface area (Å²) >= 11 is 5.69. The Bertz CT molecular complexity index is 641. The van der Waals surface area contributed by atoms with E-state index in [1.54, 1.807) is 0 Å². The zero-order valence-electron chi connectivity index (χ0n) is 9.55. The lowest BCUT2D eigenvalue weighted by Crippen LogP contribution is -2.22. The van der Waals surface area contributed by atoms with Crippen molar-refractivity contribution in [1.29, 1.82) is 0 Å². The molecular formula is C9H13ClN2O4S2. The van der Waals surface area contributed by atoms with Crippen LogP contribution in [0.25, 0.3) is 0 Å². The second kappa shape index (κ2) is 5.33. The highest BCUT2D eigenvalue weighted by Gasteiger charge is 2.14. The Morgan fingerprint density at radius 1 is 1.22 bits per heavy atom. The van der Waals surface area contributed by atoms with Crippen LogP contribution in [0.2, 0.25) is 5.02 Å². The molecule has 0 aliphatic rings. The van der Waals surface area contributed by atoms with Crippen molar-refractivity contribution in [2.45, 2.75) is 0 Å². The molecule has 0 fully saturated rings. The molecule has 0 heterocycles. The number of hydrogen-bond acceptors (Lipinski definition) is 5. The van der Waals surface area contributed by atoms with Crippen molar-refractivity contribution < 1.29 is 16.8 Å². The van der Waals surface area contributed by atoms with Gasteiger partial charge in [0, 0.05) is 6.26 Å². The molecule has 0 unspecified atom stereocenters. The van der Waals surface area contributed by atoms with Crippen molar-refractivity contribution in [2.24, 2.45) is 0 Å². The number of anilines is 2. The smallest absolute Gasteiger partial charge is 0.233 e. The number of hydrogen-bond donors (Lipinski definition) is 2. The Hall–Kier alpha value is -0.990. The lowest BCUT2D eigenvalue weighted by atomic mass is 10.3. The van der Waals surface area contributed by atoms with Crippen LogP contribution in [0.1, 0.15) is 0 Å². The standard InChI is InChI=1S/C9H13ClN2O4S2/c1-17(13,14)4-5-18(15,16)12-7-2-3-8(10)9(11)6-7/h2-3,6,12H,4-5,11H2,1H3. The van der Waals surface area contributed by atoms with Gasteiger partial charge in [-0.05, 0) is 18.2 Å². The Labute approximate surface area is 111 Å². The third-order valence-electron chi connectivity index (χ3n) is 1.99. The highest BCUT2D eigenvalue weighted by atomic mass is 35.5. The summed E-state index contributed by atoms with van der Waals surface area (Å²) in [4.78, 5) is 0. The van der Waals surface area contributed by atoms with E-state index in [0.717, 1.165) is 6.26 Å². The van der Waals surface area contributed by atoms with E-state index in [9.17, 15) is 16.8 Å². The molecule has 0 atom stereocenters. The predicted molar refractivity (Wildman–Crippen MR) is 73.0 cm³/mol. The zero-order chi connectivity index (χ0) is 14.0. The van der Waals surface area contributed by atoms with Crippen molar-refractivity contribution in [1.82, 2.24) is 0 Å². The summed E-state index contributed by atoms with van der Waals surface area (Å²) in [6, 6.07) is 4.25. The van der Waals surface area contributed by atoms with Crippen molar-refractivity contribution >= 4 is 42.8 Å². The minimum absolute atomic E-state index is 0.236. The van der Waals surface area contributed by atoms with E-state index in [0.29, 0.717) is 5.02 Å². The number of halogens is 1. The molecule has 18 heavy (non-hydrogen) atoms. The zero-order valence-corrected chi connectivity index (χ0v) is 11.9. The van der Waals surface area contributed by atoms with Crippen LogP contribution in [0, 0.1) is 0 Å². The number of rotatable bonds is 5. The molecule has 102 valence electrons. The molecule has 1 aromatic rings. The van der Waals surface area contributed by atoms with Gasteiger partial charge in [0.1, 0.15) is 9.84 Å². The van der Waals surface area contributed by atoms with E-state index >= 15 is 0 Å². The van der Waals surface area contributed by atoms with E-state index in [2.05, 4.69) is 4.72 Å². The first-order valence-corrected chi connectivity index (χ1v) is 8.91. The van der Waals surface area contributed by atoms with Gasteiger partial charge in [0.2, 0.25) is 10.0 Å². The summed E-state index contributed by atoms with van der Waals surface area (Å²) in [6.45, 7) is 0. The van der Waals surface area contributed by atoms with Gasteiger partial charge in [-0.3, -0.25) is 4.72 Å². The number of benzene rings is 1. The van der Waals surface area contributed by atoms with Crippen molar-refractivity contribution in [3.8, 4) is 0 Å². The average molecular weight is 313 g/mol. The maximum atomic E-state index is 11.6. The van der Waals surface area contributed by atoms with Crippen LogP contribution in [0.15, 0.2) is 18.2 Å². The van der Waals surface area contributed by atoms with Crippen LogP contribution in [-0.2, 0) is 19.9 Å². The van der Waals surface area contributed by atoms with Gasteiger partial charge in [-0.2, -0.15) is 0 Å². The van der Waals surface area contributed by atoms with Gasteiger partial charge in [-0.1, -0.05) is 11.6 Å². The molecule has 0 saturated carbocycles. The maximum Gasteiger partial charge on any atom is 0.233 e. The summed E-state index contributed by atoms with van der Waals surface area (Å²) in [5.74, 6) is -0.945. The molecule has 9 heteroatoms. The van der Waals surface area contributed by atoms with Gasteiger partial charge in [0.05, 0.1) is 27.9 Å². The molecule has 3 N–H and O–H groups in total. The fourth-order valence-corrected chi connectivity index (χ4v) is 3.89. The highest BCUT2D eigenvalue weighted by molar-refractivity contribution is 7.95. The second-order valence-corrected chi connectivity index (χ2v) is 8.30. The molecule has 1 rings (SSSR count). The Morgan fingerprint density at radius 3 is 2.33 bits per heavy atom. The SMILES string of the molecule is CS(=O)(=O)CCS(=O)(=O)Nc1ccc(Cl)c(N)c1. The highest BCUT2D eigenvalue weighted by Crippen LogP contribution is 2.22. The topological polar surface area (TPSA) is 106 Å². The molecule has 0 amide bonds. The number of sulfone groups is 1. The van der Waals surface area contributed by atoms with Crippen LogP contribution in [0.5, 0.6) is 0 Å². The molecule has 6 nitrogen and oxygen atoms in total. The Kier molecular flexibility index (Phi) is 4.46. The minimum atomic E-state index is -3.73. The third-order valence-corrected chi connectivity index (χ3v) is 4.83. The van der Waals surface area contributed by atoms with Crippen molar-refractivity contribution in [3.63, 3.8) is 0 Å². The van der Waals surface area contributed by atoms with Crippen LogP contribution >= 0.6 is 11.6 Å². The van der Waals surface area contributed by atoms with Gasteiger partial charge in [0.15, 0.2) is 0 Å². The van der Waals surface area contributed by atoms with Crippen LogP contribution in [-0.4, -0.2) is 34.6 Å². The van der Waals surface area contributed by atoms with Crippen molar-refractivity contribution in [3.05, 3.63) is 23.2 Å². The minimum Gasteiger partial charge on any atom is -0.397 e. The fraction of sp³-hybridized carbons (Fsp3) is 0.333. The first-order valence-electron chi connectivity index (χ1n) is 4.82. The summed E-state index contributed by atoms with van der Waals surface area (Å²) in [7, 11) is -7.05. The van der Waals surface area contributed by atoms with E-state index in [1.807, 2.05) is 0 Å². The van der Waals surface area contributed by atoms with Gasteiger partial charge in [-0.25, -0.2) is 16.8 Å². The van der Waals surface area contributed by atoms with Crippen molar-refractivity contribution in [2.75, 3.05) is 28.2 Å². The molecule has 0 radical (unpaired) electrons. The summed E-state index contributed by atoms with van der Waals surface area (Å²) < 4.78 is 47.2.